The highest BCUT2D eigenvalue weighted by atomic mass is 19.2. The maximum atomic E-state index is 14.5. The third-order valence-corrected chi connectivity index (χ3v) is 6.43. The van der Waals surface area contributed by atoms with Crippen LogP contribution in [0.2, 0.25) is 0 Å². The van der Waals surface area contributed by atoms with Gasteiger partial charge in [-0.1, -0.05) is 60.7 Å². The molecule has 1 heterocycles. The minimum atomic E-state index is -1.62. The van der Waals surface area contributed by atoms with Crippen LogP contribution in [0.3, 0.4) is 0 Å². The fraction of sp³-hybridized carbons (Fsp3) is 0.214. The zero-order valence-corrected chi connectivity index (χ0v) is 19.8. The first-order valence-corrected chi connectivity index (χ1v) is 11.6. The highest BCUT2D eigenvalue weighted by molar-refractivity contribution is 5.91. The van der Waals surface area contributed by atoms with Gasteiger partial charge in [-0.15, -0.1) is 0 Å². The number of carboxylic acid groups (broad SMARTS) is 1. The van der Waals surface area contributed by atoms with Crippen molar-refractivity contribution in [2.75, 3.05) is 6.54 Å². The van der Waals surface area contributed by atoms with Gasteiger partial charge in [-0.2, -0.15) is 0 Å². The van der Waals surface area contributed by atoms with E-state index < -0.39 is 35.7 Å². The molecule has 0 radical (unpaired) electrons. The van der Waals surface area contributed by atoms with Crippen LogP contribution < -0.4 is 5.32 Å². The summed E-state index contributed by atoms with van der Waals surface area (Å²) in [5.74, 6) is -2.74. The van der Waals surface area contributed by atoms with Crippen molar-refractivity contribution < 1.29 is 23.5 Å². The lowest BCUT2D eigenvalue weighted by Crippen LogP contribution is -2.60. The zero-order valence-electron chi connectivity index (χ0n) is 19.8. The number of carbonyl (C=O) groups excluding carboxylic acids is 1. The number of rotatable bonds is 9. The lowest BCUT2D eigenvalue weighted by Gasteiger charge is -2.38. The molecule has 186 valence electrons. The van der Waals surface area contributed by atoms with Crippen molar-refractivity contribution in [2.45, 2.75) is 31.8 Å². The molecule has 3 N–H and O–H groups in total. The van der Waals surface area contributed by atoms with E-state index in [4.69, 9.17) is 0 Å². The van der Waals surface area contributed by atoms with Gasteiger partial charge in [0.05, 0.1) is 6.54 Å². The predicted octanol–water partition coefficient (Wildman–Crippen LogP) is 5.29. The predicted molar refractivity (Wildman–Crippen MR) is 133 cm³/mol. The molecule has 6 nitrogen and oxygen atoms in total. The van der Waals surface area contributed by atoms with Crippen LogP contribution >= 0.6 is 0 Å². The summed E-state index contributed by atoms with van der Waals surface area (Å²) in [6, 6.07) is 20.7. The number of fused-ring (bicyclic) bond motifs is 1. The molecule has 4 rings (SSSR count). The molecule has 8 heteroatoms. The number of halogens is 2. The summed E-state index contributed by atoms with van der Waals surface area (Å²) in [5, 5.41) is 13.9. The second kappa shape index (κ2) is 10.6. The molecule has 36 heavy (non-hydrogen) atoms. The second-order valence-electron chi connectivity index (χ2n) is 8.88. The molecule has 0 bridgehead atoms. The fourth-order valence-electron chi connectivity index (χ4n) is 4.40. The molecule has 0 spiro atoms. The molecule has 0 fully saturated rings. The van der Waals surface area contributed by atoms with Crippen molar-refractivity contribution in [3.8, 4) is 0 Å². The Hall–Kier alpha value is -4.20. The van der Waals surface area contributed by atoms with Gasteiger partial charge in [-0.05, 0) is 36.6 Å². The Kier molecular flexibility index (Phi) is 7.33. The number of H-pyrrole nitrogens is 1. The van der Waals surface area contributed by atoms with Crippen molar-refractivity contribution in [1.82, 2.24) is 15.2 Å². The van der Waals surface area contributed by atoms with Crippen LogP contribution in [0.15, 0.2) is 79.0 Å². The van der Waals surface area contributed by atoms with Gasteiger partial charge in [0, 0.05) is 35.6 Å². The number of aromatic amines is 1. The van der Waals surface area contributed by atoms with Crippen LogP contribution in [0, 0.1) is 11.6 Å². The molecule has 2 amide bonds. The number of nitrogens with zero attached hydrogens (tertiary/aromatic N) is 1. The Morgan fingerprint density at radius 3 is 2.44 bits per heavy atom. The fourth-order valence-corrected chi connectivity index (χ4v) is 4.40. The van der Waals surface area contributed by atoms with Crippen molar-refractivity contribution in [1.29, 1.82) is 0 Å². The van der Waals surface area contributed by atoms with E-state index >= 15 is 0 Å². The average Bonchev–Trinajstić information content (AvgIpc) is 3.27. The van der Waals surface area contributed by atoms with E-state index in [2.05, 4.69) is 10.3 Å². The molecule has 0 aliphatic carbocycles. The van der Waals surface area contributed by atoms with Gasteiger partial charge < -0.3 is 15.4 Å². The number of aromatic nitrogens is 1. The minimum Gasteiger partial charge on any atom is -0.465 e. The number of carbonyl (C=O) groups is 2. The van der Waals surface area contributed by atoms with Gasteiger partial charge in [0.15, 0.2) is 11.6 Å². The lowest BCUT2D eigenvalue weighted by atomic mass is 9.89. The summed E-state index contributed by atoms with van der Waals surface area (Å²) in [6.07, 6.45) is 0.904. The molecule has 1 atom stereocenters. The monoisotopic (exact) mass is 491 g/mol. The molecule has 0 aliphatic heterocycles. The Labute approximate surface area is 207 Å². The van der Waals surface area contributed by atoms with E-state index in [1.54, 1.807) is 6.20 Å². The topological polar surface area (TPSA) is 85.4 Å². The molecule has 0 saturated carbocycles. The molecule has 0 saturated heterocycles. The summed E-state index contributed by atoms with van der Waals surface area (Å²) in [4.78, 5) is 30.1. The Morgan fingerprint density at radius 2 is 1.69 bits per heavy atom. The van der Waals surface area contributed by atoms with Gasteiger partial charge >= 0.3 is 6.09 Å². The zero-order chi connectivity index (χ0) is 25.7. The molecule has 4 aromatic rings. The van der Waals surface area contributed by atoms with E-state index in [9.17, 15) is 23.5 Å². The highest BCUT2D eigenvalue weighted by Crippen LogP contribution is 2.29. The summed E-state index contributed by atoms with van der Waals surface area (Å²) in [6.45, 7) is 1.30. The van der Waals surface area contributed by atoms with Gasteiger partial charge in [0.1, 0.15) is 5.54 Å². The summed E-state index contributed by atoms with van der Waals surface area (Å²) in [7, 11) is 0. The van der Waals surface area contributed by atoms with Crippen molar-refractivity contribution in [3.63, 3.8) is 0 Å². The highest BCUT2D eigenvalue weighted by Gasteiger charge is 2.43. The Bertz CT molecular complexity index is 1370. The van der Waals surface area contributed by atoms with E-state index in [-0.39, 0.29) is 18.5 Å². The standard InChI is InChI=1S/C28H27F2N3O3/c1-28(16-21-17-32-24-13-6-5-11-22(21)24,26(34)31-15-14-19-8-3-2-4-9-19)33(27(35)36)18-20-10-7-12-23(29)25(20)30/h2-13,17,32H,14-16,18H2,1H3,(H,31,34)(H,35,36)/t28-/m0/s1. The van der Waals surface area contributed by atoms with Crippen molar-refractivity contribution >= 4 is 22.9 Å². The minimum absolute atomic E-state index is 0.0252. The molecule has 1 aromatic heterocycles. The van der Waals surface area contributed by atoms with Gasteiger partial charge in [0.25, 0.3) is 0 Å². The maximum Gasteiger partial charge on any atom is 0.408 e. The summed E-state index contributed by atoms with van der Waals surface area (Å²) in [5.41, 5.74) is 0.828. The Morgan fingerprint density at radius 1 is 0.972 bits per heavy atom. The largest absolute Gasteiger partial charge is 0.465 e. The van der Waals surface area contributed by atoms with E-state index in [0.29, 0.717) is 6.42 Å². The number of amides is 2. The van der Waals surface area contributed by atoms with Crippen LogP contribution in [0.5, 0.6) is 0 Å². The quantitative estimate of drug-likeness (QED) is 0.298. The van der Waals surface area contributed by atoms with E-state index in [1.165, 1.54) is 19.1 Å². The third-order valence-electron chi connectivity index (χ3n) is 6.43. The molecular formula is C28H27F2N3O3. The van der Waals surface area contributed by atoms with Gasteiger partial charge in [0.2, 0.25) is 5.91 Å². The number of hydrogen-bond acceptors (Lipinski definition) is 2. The number of para-hydroxylation sites is 1. The SMILES string of the molecule is C[C@](Cc1c[nH]c2ccccc12)(C(=O)NCCc1ccccc1)N(Cc1cccc(F)c1F)C(=O)O. The summed E-state index contributed by atoms with van der Waals surface area (Å²) >= 11 is 0. The van der Waals surface area contributed by atoms with Gasteiger partial charge in [-0.3, -0.25) is 9.69 Å². The molecule has 3 aromatic carbocycles. The third kappa shape index (κ3) is 5.22. The number of hydrogen-bond donors (Lipinski definition) is 3. The number of nitrogens with one attached hydrogen (secondary N) is 2. The Balaban J connectivity index is 1.67. The molecule has 0 unspecified atom stereocenters. The van der Waals surface area contributed by atoms with Crippen LogP contribution in [0.25, 0.3) is 10.9 Å². The summed E-state index contributed by atoms with van der Waals surface area (Å²) < 4.78 is 28.4. The smallest absolute Gasteiger partial charge is 0.408 e. The van der Waals surface area contributed by atoms with Crippen LogP contribution in [-0.2, 0) is 24.2 Å². The maximum absolute atomic E-state index is 14.5. The molecule has 0 aliphatic rings. The van der Waals surface area contributed by atoms with Crippen LogP contribution in [0.4, 0.5) is 13.6 Å². The van der Waals surface area contributed by atoms with Crippen LogP contribution in [0.1, 0.15) is 23.6 Å². The first kappa shape index (κ1) is 24.9. The lowest BCUT2D eigenvalue weighted by molar-refractivity contribution is -0.132. The van der Waals surface area contributed by atoms with Crippen LogP contribution in [-0.4, -0.2) is 39.1 Å². The van der Waals surface area contributed by atoms with E-state index in [0.717, 1.165) is 33.0 Å². The molecular weight excluding hydrogens is 464 g/mol. The first-order valence-electron chi connectivity index (χ1n) is 11.6. The normalized spacial score (nSPS) is 12.8. The van der Waals surface area contributed by atoms with Crippen molar-refractivity contribution in [3.05, 3.63) is 107 Å². The number of benzene rings is 3. The average molecular weight is 492 g/mol. The first-order chi connectivity index (χ1) is 17.3. The second-order valence-corrected chi connectivity index (χ2v) is 8.88. The van der Waals surface area contributed by atoms with E-state index in [1.807, 2.05) is 54.6 Å². The van der Waals surface area contributed by atoms with Crippen molar-refractivity contribution in [2.24, 2.45) is 0 Å². The van der Waals surface area contributed by atoms with Gasteiger partial charge in [-0.25, -0.2) is 13.6 Å².